The number of aldehydes is 1. The van der Waals surface area contributed by atoms with Crippen LogP contribution in [0.5, 0.6) is 0 Å². The molecule has 0 unspecified atom stereocenters. The highest BCUT2D eigenvalue weighted by atomic mass is 16.1. The third kappa shape index (κ3) is 4.59. The number of hydrogen-bond donors (Lipinski definition) is 0. The smallest absolute Gasteiger partial charge is 0.120 e. The van der Waals surface area contributed by atoms with Crippen molar-refractivity contribution in [3.8, 4) is 0 Å². The van der Waals surface area contributed by atoms with Crippen molar-refractivity contribution < 1.29 is 4.79 Å². The molecular formula is C13H24O. The van der Waals surface area contributed by atoms with Crippen LogP contribution in [0.4, 0.5) is 0 Å². The Morgan fingerprint density at radius 2 is 1.79 bits per heavy atom. The van der Waals surface area contributed by atoms with Crippen molar-refractivity contribution in [2.75, 3.05) is 0 Å². The number of hydrogen-bond acceptors (Lipinski definition) is 1. The zero-order chi connectivity index (χ0) is 11.0. The molecule has 82 valence electrons. The minimum Gasteiger partial charge on any atom is -0.303 e. The van der Waals surface area contributed by atoms with E-state index in [9.17, 15) is 4.79 Å². The Kier molecular flexibility index (Phi) is 6.52. The van der Waals surface area contributed by atoms with Crippen molar-refractivity contribution in [1.82, 2.24) is 0 Å². The summed E-state index contributed by atoms with van der Waals surface area (Å²) in [7, 11) is 0. The van der Waals surface area contributed by atoms with Crippen LogP contribution in [0.1, 0.15) is 59.8 Å². The Morgan fingerprint density at radius 1 is 1.21 bits per heavy atom. The van der Waals surface area contributed by atoms with Gasteiger partial charge in [-0.1, -0.05) is 38.3 Å². The Morgan fingerprint density at radius 3 is 2.14 bits per heavy atom. The fraction of sp³-hybridized carbons (Fsp3) is 0.769. The maximum atomic E-state index is 10.4. The molecule has 0 aromatic carbocycles. The number of allylic oxidation sites excluding steroid dienone is 2. The number of carbonyl (C=O) groups excluding carboxylic acids is 1. The Bertz CT molecular complexity index is 183. The van der Waals surface area contributed by atoms with Gasteiger partial charge in [0.2, 0.25) is 0 Å². The molecule has 0 heterocycles. The molecule has 0 fully saturated rings. The van der Waals surface area contributed by atoms with Gasteiger partial charge in [0.1, 0.15) is 6.29 Å². The highest BCUT2D eigenvalue weighted by Crippen LogP contribution is 2.36. The maximum Gasteiger partial charge on any atom is 0.120 e. The van der Waals surface area contributed by atoms with Gasteiger partial charge in [-0.2, -0.15) is 0 Å². The van der Waals surface area contributed by atoms with Crippen molar-refractivity contribution >= 4 is 6.29 Å². The molecule has 0 radical (unpaired) electrons. The molecule has 0 saturated heterocycles. The van der Waals surface area contributed by atoms with E-state index in [4.69, 9.17) is 0 Å². The second kappa shape index (κ2) is 6.80. The molecule has 0 aliphatic rings. The van der Waals surface area contributed by atoms with Crippen LogP contribution in [0.15, 0.2) is 11.6 Å². The standard InChI is InChI=1S/C13H24O/c1-5-13(6-2,9-7-11-14)10-8-12(3)4/h8,11H,5-7,9-10H2,1-4H3. The van der Waals surface area contributed by atoms with E-state index in [1.165, 1.54) is 18.4 Å². The lowest BCUT2D eigenvalue weighted by molar-refractivity contribution is -0.108. The van der Waals surface area contributed by atoms with Crippen LogP contribution in [-0.2, 0) is 4.79 Å². The quantitative estimate of drug-likeness (QED) is 0.442. The van der Waals surface area contributed by atoms with Crippen LogP contribution >= 0.6 is 0 Å². The summed E-state index contributed by atoms with van der Waals surface area (Å²) < 4.78 is 0. The first-order chi connectivity index (χ1) is 6.60. The van der Waals surface area contributed by atoms with Gasteiger partial charge in [-0.25, -0.2) is 0 Å². The van der Waals surface area contributed by atoms with Crippen molar-refractivity contribution in [1.29, 1.82) is 0 Å². The van der Waals surface area contributed by atoms with Crippen molar-refractivity contribution in [2.24, 2.45) is 5.41 Å². The summed E-state index contributed by atoms with van der Waals surface area (Å²) in [5, 5.41) is 0. The molecule has 0 aromatic rings. The highest BCUT2D eigenvalue weighted by Gasteiger charge is 2.23. The number of rotatable bonds is 7. The monoisotopic (exact) mass is 196 g/mol. The molecule has 0 saturated carbocycles. The molecule has 0 N–H and O–H groups in total. The van der Waals surface area contributed by atoms with E-state index < -0.39 is 0 Å². The molecule has 1 heteroatoms. The second-order valence-electron chi connectivity index (χ2n) is 4.40. The normalized spacial score (nSPS) is 11.1. The summed E-state index contributed by atoms with van der Waals surface area (Å²) in [6.07, 6.45) is 8.55. The lowest BCUT2D eigenvalue weighted by atomic mass is 9.75. The predicted molar refractivity (Wildman–Crippen MR) is 62.4 cm³/mol. The van der Waals surface area contributed by atoms with E-state index in [0.717, 1.165) is 19.1 Å². The molecule has 0 atom stereocenters. The molecular weight excluding hydrogens is 172 g/mol. The first-order valence-electron chi connectivity index (χ1n) is 5.67. The summed E-state index contributed by atoms with van der Waals surface area (Å²) in [6.45, 7) is 8.73. The van der Waals surface area contributed by atoms with E-state index in [0.29, 0.717) is 11.8 Å². The average molecular weight is 196 g/mol. The van der Waals surface area contributed by atoms with Crippen molar-refractivity contribution in [3.63, 3.8) is 0 Å². The van der Waals surface area contributed by atoms with Gasteiger partial charge in [-0.15, -0.1) is 0 Å². The van der Waals surface area contributed by atoms with Gasteiger partial charge >= 0.3 is 0 Å². The maximum absolute atomic E-state index is 10.4. The first-order valence-corrected chi connectivity index (χ1v) is 5.67. The second-order valence-corrected chi connectivity index (χ2v) is 4.40. The predicted octanol–water partition coefficient (Wildman–Crippen LogP) is 4.13. The van der Waals surface area contributed by atoms with Gasteiger partial charge in [-0.05, 0) is 32.1 Å². The molecule has 0 aliphatic heterocycles. The van der Waals surface area contributed by atoms with Gasteiger partial charge in [0.15, 0.2) is 0 Å². The van der Waals surface area contributed by atoms with E-state index in [1.54, 1.807) is 0 Å². The highest BCUT2D eigenvalue weighted by molar-refractivity contribution is 5.49. The molecule has 0 aliphatic carbocycles. The minimum atomic E-state index is 0.359. The van der Waals surface area contributed by atoms with Crippen LogP contribution in [0.3, 0.4) is 0 Å². The zero-order valence-corrected chi connectivity index (χ0v) is 10.1. The average Bonchev–Trinajstić information content (AvgIpc) is 2.19. The van der Waals surface area contributed by atoms with Gasteiger partial charge in [0.25, 0.3) is 0 Å². The molecule has 0 rings (SSSR count). The Balaban J connectivity index is 4.35. The molecule has 0 aromatic heterocycles. The van der Waals surface area contributed by atoms with E-state index in [-0.39, 0.29) is 0 Å². The molecule has 1 nitrogen and oxygen atoms in total. The SMILES string of the molecule is CCC(CC)(CC=C(C)C)CCC=O. The van der Waals surface area contributed by atoms with Crippen LogP contribution in [0.2, 0.25) is 0 Å². The zero-order valence-electron chi connectivity index (χ0n) is 10.1. The van der Waals surface area contributed by atoms with Gasteiger partial charge in [0.05, 0.1) is 0 Å². The summed E-state index contributed by atoms with van der Waals surface area (Å²) in [6, 6.07) is 0. The fourth-order valence-electron chi connectivity index (χ4n) is 1.78. The van der Waals surface area contributed by atoms with E-state index in [1.807, 2.05) is 0 Å². The minimum absolute atomic E-state index is 0.359. The van der Waals surface area contributed by atoms with E-state index in [2.05, 4.69) is 33.8 Å². The summed E-state index contributed by atoms with van der Waals surface area (Å²) in [5.74, 6) is 0. The summed E-state index contributed by atoms with van der Waals surface area (Å²) in [5.41, 5.74) is 1.74. The largest absolute Gasteiger partial charge is 0.303 e. The van der Waals surface area contributed by atoms with Crippen LogP contribution < -0.4 is 0 Å². The van der Waals surface area contributed by atoms with Gasteiger partial charge < -0.3 is 4.79 Å². The van der Waals surface area contributed by atoms with Crippen LogP contribution in [-0.4, -0.2) is 6.29 Å². The van der Waals surface area contributed by atoms with Crippen molar-refractivity contribution in [2.45, 2.75) is 59.8 Å². The Labute approximate surface area is 88.6 Å². The van der Waals surface area contributed by atoms with E-state index >= 15 is 0 Å². The van der Waals surface area contributed by atoms with Crippen LogP contribution in [0.25, 0.3) is 0 Å². The lowest BCUT2D eigenvalue weighted by Gasteiger charge is -2.30. The van der Waals surface area contributed by atoms with Gasteiger partial charge in [-0.3, -0.25) is 0 Å². The topological polar surface area (TPSA) is 17.1 Å². The number of carbonyl (C=O) groups is 1. The molecule has 0 spiro atoms. The summed E-state index contributed by atoms with van der Waals surface area (Å²) in [4.78, 5) is 10.4. The Hall–Kier alpha value is -0.590. The van der Waals surface area contributed by atoms with Gasteiger partial charge in [0, 0.05) is 6.42 Å². The van der Waals surface area contributed by atoms with Crippen molar-refractivity contribution in [3.05, 3.63) is 11.6 Å². The first kappa shape index (κ1) is 13.4. The summed E-state index contributed by atoms with van der Waals surface area (Å²) >= 11 is 0. The lowest BCUT2D eigenvalue weighted by Crippen LogP contribution is -2.18. The third-order valence-electron chi connectivity index (χ3n) is 3.24. The molecule has 14 heavy (non-hydrogen) atoms. The molecule has 0 bridgehead atoms. The third-order valence-corrected chi connectivity index (χ3v) is 3.24. The fourth-order valence-corrected chi connectivity index (χ4v) is 1.78. The molecule has 0 amide bonds. The van der Waals surface area contributed by atoms with Crippen LogP contribution in [0, 0.1) is 5.41 Å².